The van der Waals surface area contributed by atoms with E-state index >= 15 is 0 Å². The Labute approximate surface area is 150 Å². The maximum atomic E-state index is 12.7. The molecule has 7 heteroatoms. The fourth-order valence-electron chi connectivity index (χ4n) is 3.11. The highest BCUT2D eigenvalue weighted by Crippen LogP contribution is 2.31. The SMILES string of the molecule is O=C(COc1ccccc1)N1CCCC[C@@H]1c1nc(-c2ccco2)no1. The molecule has 0 radical (unpaired) electrons. The highest BCUT2D eigenvalue weighted by atomic mass is 16.5. The standard InChI is InChI=1S/C19H19N3O4/c23-17(13-25-14-7-2-1-3-8-14)22-11-5-4-9-15(22)19-20-18(21-26-19)16-10-6-12-24-16/h1-3,6-8,10,12,15H,4-5,9,11,13H2/t15-/m1/s1. The molecule has 1 aliphatic rings. The van der Waals surface area contributed by atoms with Crippen LogP contribution in [0.1, 0.15) is 31.2 Å². The van der Waals surface area contributed by atoms with Crippen molar-refractivity contribution >= 4 is 5.91 Å². The van der Waals surface area contributed by atoms with Crippen LogP contribution in [0.25, 0.3) is 11.6 Å². The zero-order valence-corrected chi connectivity index (χ0v) is 14.2. The monoisotopic (exact) mass is 353 g/mol. The third kappa shape index (κ3) is 3.46. The molecule has 3 heterocycles. The van der Waals surface area contributed by atoms with E-state index in [0.717, 1.165) is 19.3 Å². The first-order chi connectivity index (χ1) is 12.8. The lowest BCUT2D eigenvalue weighted by Gasteiger charge is -2.33. The Kier molecular flexibility index (Phi) is 4.68. The molecule has 134 valence electrons. The van der Waals surface area contributed by atoms with E-state index in [9.17, 15) is 4.79 Å². The highest BCUT2D eigenvalue weighted by Gasteiger charge is 2.32. The number of carbonyl (C=O) groups is 1. The minimum Gasteiger partial charge on any atom is -0.484 e. The topological polar surface area (TPSA) is 81.6 Å². The zero-order valence-electron chi connectivity index (χ0n) is 14.2. The Bertz CT molecular complexity index is 845. The van der Waals surface area contributed by atoms with Crippen molar-refractivity contribution in [1.29, 1.82) is 0 Å². The molecular formula is C19H19N3O4. The summed E-state index contributed by atoms with van der Waals surface area (Å²) in [7, 11) is 0. The van der Waals surface area contributed by atoms with E-state index in [1.807, 2.05) is 30.3 Å². The van der Waals surface area contributed by atoms with Gasteiger partial charge in [-0.2, -0.15) is 4.98 Å². The van der Waals surface area contributed by atoms with Crippen LogP contribution in [0.4, 0.5) is 0 Å². The molecule has 0 saturated carbocycles. The van der Waals surface area contributed by atoms with E-state index in [-0.39, 0.29) is 18.6 Å². The lowest BCUT2D eigenvalue weighted by molar-refractivity contribution is -0.138. The van der Waals surface area contributed by atoms with Gasteiger partial charge in [-0.3, -0.25) is 4.79 Å². The Morgan fingerprint density at radius 3 is 2.88 bits per heavy atom. The van der Waals surface area contributed by atoms with Crippen molar-refractivity contribution in [2.75, 3.05) is 13.2 Å². The molecule has 1 amide bonds. The van der Waals surface area contributed by atoms with Gasteiger partial charge in [-0.1, -0.05) is 23.4 Å². The number of rotatable bonds is 5. The minimum absolute atomic E-state index is 0.0142. The summed E-state index contributed by atoms with van der Waals surface area (Å²) in [6.07, 6.45) is 4.30. The average molecular weight is 353 g/mol. The molecule has 2 aromatic heterocycles. The molecule has 0 bridgehead atoms. The number of nitrogens with zero attached hydrogens (tertiary/aromatic N) is 3. The van der Waals surface area contributed by atoms with Crippen molar-refractivity contribution in [3.05, 3.63) is 54.6 Å². The van der Waals surface area contributed by atoms with Crippen molar-refractivity contribution < 1.29 is 18.5 Å². The summed E-state index contributed by atoms with van der Waals surface area (Å²) < 4.78 is 16.3. The molecule has 7 nitrogen and oxygen atoms in total. The molecule has 1 aliphatic heterocycles. The number of piperidine rings is 1. The normalized spacial score (nSPS) is 17.2. The summed E-state index contributed by atoms with van der Waals surface area (Å²) in [5, 5.41) is 3.97. The van der Waals surface area contributed by atoms with Crippen LogP contribution in [0.15, 0.2) is 57.7 Å². The van der Waals surface area contributed by atoms with Gasteiger partial charge in [-0.15, -0.1) is 0 Å². The van der Waals surface area contributed by atoms with Crippen LogP contribution in [-0.4, -0.2) is 34.1 Å². The van der Waals surface area contributed by atoms with E-state index in [1.54, 1.807) is 23.3 Å². The van der Waals surface area contributed by atoms with E-state index in [1.165, 1.54) is 0 Å². The van der Waals surface area contributed by atoms with Crippen molar-refractivity contribution in [2.45, 2.75) is 25.3 Å². The number of amides is 1. The van der Waals surface area contributed by atoms with Gasteiger partial charge in [0.15, 0.2) is 12.4 Å². The van der Waals surface area contributed by atoms with Crippen LogP contribution >= 0.6 is 0 Å². The molecule has 0 N–H and O–H groups in total. The summed E-state index contributed by atoms with van der Waals surface area (Å²) in [6.45, 7) is 0.639. The summed E-state index contributed by atoms with van der Waals surface area (Å²) in [5.74, 6) is 1.96. The number of likely N-dealkylation sites (tertiary alicyclic amines) is 1. The fourth-order valence-corrected chi connectivity index (χ4v) is 3.11. The number of ether oxygens (including phenoxy) is 1. The van der Waals surface area contributed by atoms with E-state index < -0.39 is 0 Å². The lowest BCUT2D eigenvalue weighted by atomic mass is 10.0. The van der Waals surface area contributed by atoms with Crippen LogP contribution < -0.4 is 4.74 Å². The van der Waals surface area contributed by atoms with E-state index in [0.29, 0.717) is 29.8 Å². The second kappa shape index (κ2) is 7.43. The largest absolute Gasteiger partial charge is 0.484 e. The number of hydrogen-bond donors (Lipinski definition) is 0. The molecular weight excluding hydrogens is 334 g/mol. The zero-order chi connectivity index (χ0) is 17.8. The average Bonchev–Trinajstić information content (AvgIpc) is 3.38. The van der Waals surface area contributed by atoms with Gasteiger partial charge in [0.05, 0.1) is 6.26 Å². The second-order valence-corrected chi connectivity index (χ2v) is 6.13. The number of benzene rings is 1. The van der Waals surface area contributed by atoms with Crippen LogP contribution in [0.5, 0.6) is 5.75 Å². The molecule has 3 aromatic rings. The first-order valence-electron chi connectivity index (χ1n) is 8.66. The maximum absolute atomic E-state index is 12.7. The van der Waals surface area contributed by atoms with Gasteiger partial charge in [0.25, 0.3) is 5.91 Å². The highest BCUT2D eigenvalue weighted by molar-refractivity contribution is 5.78. The second-order valence-electron chi connectivity index (χ2n) is 6.13. The molecule has 26 heavy (non-hydrogen) atoms. The first-order valence-corrected chi connectivity index (χ1v) is 8.66. The van der Waals surface area contributed by atoms with Crippen molar-refractivity contribution in [1.82, 2.24) is 15.0 Å². The maximum Gasteiger partial charge on any atom is 0.261 e. The van der Waals surface area contributed by atoms with Crippen molar-refractivity contribution in [3.63, 3.8) is 0 Å². The van der Waals surface area contributed by atoms with Crippen LogP contribution in [0.2, 0.25) is 0 Å². The van der Waals surface area contributed by atoms with Crippen LogP contribution in [0.3, 0.4) is 0 Å². The Morgan fingerprint density at radius 1 is 1.19 bits per heavy atom. The molecule has 1 aromatic carbocycles. The lowest BCUT2D eigenvalue weighted by Crippen LogP contribution is -2.41. The van der Waals surface area contributed by atoms with Gasteiger partial charge in [0, 0.05) is 6.54 Å². The molecule has 4 rings (SSSR count). The Hall–Kier alpha value is -3.09. The van der Waals surface area contributed by atoms with Crippen molar-refractivity contribution in [2.24, 2.45) is 0 Å². The molecule has 0 aliphatic carbocycles. The van der Waals surface area contributed by atoms with E-state index in [2.05, 4.69) is 10.1 Å². The number of aromatic nitrogens is 2. The quantitative estimate of drug-likeness (QED) is 0.699. The van der Waals surface area contributed by atoms with Gasteiger partial charge in [-0.05, 0) is 43.5 Å². The van der Waals surface area contributed by atoms with E-state index in [4.69, 9.17) is 13.7 Å². The summed E-state index contributed by atoms with van der Waals surface area (Å²) in [5.41, 5.74) is 0. The number of hydrogen-bond acceptors (Lipinski definition) is 6. The van der Waals surface area contributed by atoms with Gasteiger partial charge in [0.2, 0.25) is 11.7 Å². The number of carbonyl (C=O) groups excluding carboxylic acids is 1. The summed E-state index contributed by atoms with van der Waals surface area (Å²) in [4.78, 5) is 18.9. The summed E-state index contributed by atoms with van der Waals surface area (Å²) in [6, 6.07) is 12.6. The molecule has 0 unspecified atom stereocenters. The smallest absolute Gasteiger partial charge is 0.261 e. The van der Waals surface area contributed by atoms with Gasteiger partial charge >= 0.3 is 0 Å². The Morgan fingerprint density at radius 2 is 2.08 bits per heavy atom. The molecule has 0 spiro atoms. The molecule has 1 saturated heterocycles. The predicted molar refractivity (Wildman–Crippen MR) is 92.2 cm³/mol. The van der Waals surface area contributed by atoms with Gasteiger partial charge in [-0.25, -0.2) is 0 Å². The molecule has 1 fully saturated rings. The molecule has 1 atom stereocenters. The summed E-state index contributed by atoms with van der Waals surface area (Å²) >= 11 is 0. The van der Waals surface area contributed by atoms with Crippen LogP contribution in [-0.2, 0) is 4.79 Å². The minimum atomic E-state index is -0.230. The third-order valence-corrected chi connectivity index (χ3v) is 4.40. The van der Waals surface area contributed by atoms with Gasteiger partial charge in [0.1, 0.15) is 11.8 Å². The first kappa shape index (κ1) is 16.4. The Balaban J connectivity index is 1.47. The van der Waals surface area contributed by atoms with Crippen molar-refractivity contribution in [3.8, 4) is 17.3 Å². The fraction of sp³-hybridized carbons (Fsp3) is 0.316. The number of para-hydroxylation sites is 1. The van der Waals surface area contributed by atoms with Crippen LogP contribution in [0, 0.1) is 0 Å². The predicted octanol–water partition coefficient (Wildman–Crippen LogP) is 3.46. The number of furan rings is 1. The van der Waals surface area contributed by atoms with Gasteiger partial charge < -0.3 is 18.6 Å². The third-order valence-electron chi connectivity index (χ3n) is 4.40.